The molecule has 4 N–H and O–H groups in total. The first kappa shape index (κ1) is 23.9. The molecule has 2 unspecified atom stereocenters. The van der Waals surface area contributed by atoms with Crippen molar-refractivity contribution in [3.05, 3.63) is 29.8 Å². The molecule has 0 spiro atoms. The third kappa shape index (κ3) is 3.61. The molecule has 174 valence electrons. The number of benzene rings is 1. The largest absolute Gasteiger partial charge is 0.441 e. The number of rotatable bonds is 6. The van der Waals surface area contributed by atoms with E-state index in [2.05, 4.69) is 5.32 Å². The van der Waals surface area contributed by atoms with E-state index in [1.807, 2.05) is 0 Å². The summed E-state index contributed by atoms with van der Waals surface area (Å²) in [6.07, 6.45) is -3.61. The van der Waals surface area contributed by atoms with Gasteiger partial charge in [0.2, 0.25) is 21.1 Å². The van der Waals surface area contributed by atoms with Crippen molar-refractivity contribution in [3.8, 4) is 0 Å². The first-order valence-electron chi connectivity index (χ1n) is 9.50. The molecule has 11 nitrogen and oxygen atoms in total. The van der Waals surface area contributed by atoms with Crippen LogP contribution >= 0.6 is 0 Å². The Balaban J connectivity index is 2.07. The lowest BCUT2D eigenvalue weighted by Gasteiger charge is -2.54. The quantitative estimate of drug-likeness (QED) is 0.389. The molecule has 2 heterocycles. The van der Waals surface area contributed by atoms with Gasteiger partial charge >= 0.3 is 6.09 Å². The molecule has 0 saturated carbocycles. The van der Waals surface area contributed by atoms with E-state index < -0.39 is 57.2 Å². The molecule has 0 aliphatic carbocycles. The second kappa shape index (κ2) is 7.96. The Kier molecular flexibility index (Phi) is 6.12. The molecule has 0 bridgehead atoms. The Morgan fingerprint density at radius 1 is 1.26 bits per heavy atom. The van der Waals surface area contributed by atoms with Gasteiger partial charge in [0.25, 0.3) is 0 Å². The van der Waals surface area contributed by atoms with Gasteiger partial charge in [-0.3, -0.25) is 0 Å². The summed E-state index contributed by atoms with van der Waals surface area (Å²) in [6.45, 7) is 2.48. The number of amides is 1. The Morgan fingerprint density at radius 2 is 1.84 bits per heavy atom. The third-order valence-electron chi connectivity index (χ3n) is 5.84. The molecule has 1 aromatic rings. The minimum absolute atomic E-state index is 0.0982. The van der Waals surface area contributed by atoms with Crippen molar-refractivity contribution in [3.63, 3.8) is 0 Å². The van der Waals surface area contributed by atoms with Gasteiger partial charge in [-0.15, -0.1) is 0 Å². The summed E-state index contributed by atoms with van der Waals surface area (Å²) in [5, 5.41) is 36.2. The van der Waals surface area contributed by atoms with Gasteiger partial charge in [0, 0.05) is 14.2 Å². The van der Waals surface area contributed by atoms with Gasteiger partial charge in [0.05, 0.1) is 18.1 Å². The SMILES string of the molecule is CNC(=O)O[C@@H]1CO[C@@](O)(C(O)S(=O)(=O)c2ccc(C)cc2)[C@@](O)(C2(C)CO2)[C@@H]1OC. The second-order valence-electron chi connectivity index (χ2n) is 7.85. The minimum Gasteiger partial charge on any atom is -0.441 e. The monoisotopic (exact) mass is 461 g/mol. The number of methoxy groups -OCH3 is 1. The van der Waals surface area contributed by atoms with Gasteiger partial charge in [0.15, 0.2) is 11.7 Å². The van der Waals surface area contributed by atoms with Crippen LogP contribution in [-0.4, -0.2) is 91.8 Å². The normalized spacial score (nSPS) is 36.5. The Hall–Kier alpha value is -1.80. The molecule has 2 aliphatic rings. The van der Waals surface area contributed by atoms with Crippen LogP contribution in [0.3, 0.4) is 0 Å². The lowest BCUT2D eigenvalue weighted by molar-refractivity contribution is -0.395. The van der Waals surface area contributed by atoms with Crippen LogP contribution in [0.5, 0.6) is 0 Å². The molecule has 0 aromatic heterocycles. The number of alkyl carbamates (subject to hydrolysis) is 1. The predicted molar refractivity (Wildman–Crippen MR) is 105 cm³/mol. The van der Waals surface area contributed by atoms with Crippen molar-refractivity contribution in [2.75, 3.05) is 27.4 Å². The van der Waals surface area contributed by atoms with Crippen LogP contribution in [0.15, 0.2) is 29.2 Å². The molecular weight excluding hydrogens is 434 g/mol. The van der Waals surface area contributed by atoms with Crippen molar-refractivity contribution >= 4 is 15.9 Å². The fourth-order valence-electron chi connectivity index (χ4n) is 3.83. The Morgan fingerprint density at radius 3 is 2.32 bits per heavy atom. The molecule has 2 aliphatic heterocycles. The molecule has 1 amide bonds. The van der Waals surface area contributed by atoms with Crippen molar-refractivity contribution in [1.82, 2.24) is 5.32 Å². The molecule has 12 heteroatoms. The van der Waals surface area contributed by atoms with Gasteiger partial charge in [-0.1, -0.05) is 17.7 Å². The lowest BCUT2D eigenvalue weighted by Crippen LogP contribution is -2.80. The molecule has 2 fully saturated rings. The van der Waals surface area contributed by atoms with Crippen molar-refractivity contribution in [1.29, 1.82) is 0 Å². The van der Waals surface area contributed by atoms with Gasteiger partial charge in [-0.25, -0.2) is 13.2 Å². The van der Waals surface area contributed by atoms with E-state index in [1.54, 1.807) is 6.92 Å². The maximum atomic E-state index is 13.1. The lowest BCUT2D eigenvalue weighted by atomic mass is 9.73. The van der Waals surface area contributed by atoms with E-state index in [0.29, 0.717) is 0 Å². The number of ether oxygens (including phenoxy) is 4. The highest BCUT2D eigenvalue weighted by Gasteiger charge is 2.78. The average Bonchev–Trinajstić information content (AvgIpc) is 3.49. The molecule has 2 saturated heterocycles. The number of carbonyl (C=O) groups is 1. The standard InChI is InChI=1S/C19H27NO10S/c1-11-5-7-12(8-6-11)31(25,26)15(21)19(24)18(23,17(2)10-29-17)14(27-4)13(9-28-19)30-16(22)20-3/h5-8,13-15,21,23-24H,9-10H2,1-4H3,(H,20,22)/t13-,14-,15?,17?,18+,19+/m1/s1. The maximum Gasteiger partial charge on any atom is 0.407 e. The van der Waals surface area contributed by atoms with Crippen molar-refractivity contribution in [2.24, 2.45) is 0 Å². The van der Waals surface area contributed by atoms with Crippen LogP contribution in [0.2, 0.25) is 0 Å². The molecule has 6 atom stereocenters. The Bertz CT molecular complexity index is 932. The first-order valence-corrected chi connectivity index (χ1v) is 11.0. The second-order valence-corrected chi connectivity index (χ2v) is 9.86. The summed E-state index contributed by atoms with van der Waals surface area (Å²) < 4.78 is 47.3. The van der Waals surface area contributed by atoms with E-state index in [9.17, 15) is 28.5 Å². The summed E-state index contributed by atoms with van der Waals surface area (Å²) >= 11 is 0. The summed E-state index contributed by atoms with van der Waals surface area (Å²) in [6, 6.07) is 5.57. The van der Waals surface area contributed by atoms with Crippen molar-refractivity contribution < 1.29 is 47.5 Å². The highest BCUT2D eigenvalue weighted by Crippen LogP contribution is 2.52. The highest BCUT2D eigenvalue weighted by molar-refractivity contribution is 7.92. The fraction of sp³-hybridized carbons (Fsp3) is 0.632. The number of hydrogen-bond donors (Lipinski definition) is 4. The van der Waals surface area contributed by atoms with E-state index in [0.717, 1.165) is 5.56 Å². The van der Waals surface area contributed by atoms with Gasteiger partial charge in [-0.05, 0) is 26.0 Å². The van der Waals surface area contributed by atoms with E-state index in [-0.39, 0.29) is 11.5 Å². The number of hydrogen-bond acceptors (Lipinski definition) is 10. The van der Waals surface area contributed by atoms with Gasteiger partial charge in [0.1, 0.15) is 11.7 Å². The minimum atomic E-state index is -4.60. The summed E-state index contributed by atoms with van der Waals surface area (Å²) in [5.41, 5.74) is -6.03. The van der Waals surface area contributed by atoms with Crippen LogP contribution < -0.4 is 5.32 Å². The topological polar surface area (TPSA) is 164 Å². The molecule has 31 heavy (non-hydrogen) atoms. The van der Waals surface area contributed by atoms with E-state index >= 15 is 0 Å². The van der Waals surface area contributed by atoms with Crippen LogP contribution in [-0.2, 0) is 28.8 Å². The maximum absolute atomic E-state index is 13.1. The van der Waals surface area contributed by atoms with Gasteiger partial charge < -0.3 is 39.6 Å². The summed E-state index contributed by atoms with van der Waals surface area (Å²) in [7, 11) is -2.11. The smallest absolute Gasteiger partial charge is 0.407 e. The fourth-order valence-corrected chi connectivity index (χ4v) is 5.27. The molecule has 3 rings (SSSR count). The van der Waals surface area contributed by atoms with Crippen LogP contribution in [0.4, 0.5) is 4.79 Å². The molecule has 1 aromatic carbocycles. The summed E-state index contributed by atoms with van der Waals surface area (Å²) in [5.74, 6) is -3.08. The van der Waals surface area contributed by atoms with Crippen LogP contribution in [0.1, 0.15) is 12.5 Å². The highest BCUT2D eigenvalue weighted by atomic mass is 32.2. The number of sulfone groups is 1. The average molecular weight is 461 g/mol. The number of aliphatic hydroxyl groups excluding tert-OH is 1. The predicted octanol–water partition coefficient (Wildman–Crippen LogP) is -0.934. The summed E-state index contributed by atoms with van der Waals surface area (Å²) in [4.78, 5) is 11.4. The van der Waals surface area contributed by atoms with Crippen LogP contribution in [0.25, 0.3) is 0 Å². The first-order chi connectivity index (χ1) is 14.4. The number of epoxide rings is 1. The molecular formula is C19H27NO10S. The van der Waals surface area contributed by atoms with Gasteiger partial charge in [-0.2, -0.15) is 0 Å². The number of aliphatic hydroxyl groups is 3. The van der Waals surface area contributed by atoms with E-state index in [4.69, 9.17) is 18.9 Å². The zero-order chi connectivity index (χ0) is 23.2. The Labute approximate surface area is 179 Å². The third-order valence-corrected chi connectivity index (χ3v) is 7.68. The molecule has 0 radical (unpaired) electrons. The van der Waals surface area contributed by atoms with Crippen molar-refractivity contribution in [2.45, 2.75) is 53.4 Å². The zero-order valence-electron chi connectivity index (χ0n) is 17.6. The zero-order valence-corrected chi connectivity index (χ0v) is 18.4. The van der Waals surface area contributed by atoms with E-state index in [1.165, 1.54) is 45.3 Å². The number of nitrogens with one attached hydrogen (secondary N) is 1. The van der Waals surface area contributed by atoms with Crippen LogP contribution in [0, 0.1) is 6.92 Å². The number of aryl methyl sites for hydroxylation is 1. The number of carbonyl (C=O) groups excluding carboxylic acids is 1.